The Balaban J connectivity index is 1.43. The van der Waals surface area contributed by atoms with Gasteiger partial charge in [-0.1, -0.05) is 31.7 Å². The topological polar surface area (TPSA) is 62.3 Å². The Morgan fingerprint density at radius 2 is 2.04 bits per heavy atom. The predicted octanol–water partition coefficient (Wildman–Crippen LogP) is 4.19. The van der Waals surface area contributed by atoms with E-state index < -0.39 is 0 Å². The molecule has 140 valence electrons. The maximum absolute atomic E-state index is 12.8. The van der Waals surface area contributed by atoms with Gasteiger partial charge in [0.15, 0.2) is 0 Å². The lowest BCUT2D eigenvalue weighted by molar-refractivity contribution is -0.116. The van der Waals surface area contributed by atoms with Gasteiger partial charge in [0, 0.05) is 36.7 Å². The normalized spacial score (nSPS) is 16.4. The van der Waals surface area contributed by atoms with E-state index in [-0.39, 0.29) is 11.8 Å². The first-order valence-electron chi connectivity index (χ1n) is 9.85. The fraction of sp³-hybridized carbons (Fsp3) is 0.409. The van der Waals surface area contributed by atoms with Gasteiger partial charge in [-0.25, -0.2) is 0 Å². The molecule has 5 heteroatoms. The van der Waals surface area contributed by atoms with E-state index in [1.54, 1.807) is 29.4 Å². The first-order chi connectivity index (χ1) is 13.2. The van der Waals surface area contributed by atoms with Crippen LogP contribution in [0.15, 0.2) is 42.7 Å². The number of carbonyl (C=O) groups excluding carboxylic acids is 2. The molecule has 2 aliphatic rings. The summed E-state index contributed by atoms with van der Waals surface area (Å²) < 4.78 is 0. The molecule has 0 saturated heterocycles. The fourth-order valence-corrected chi connectivity index (χ4v) is 4.17. The van der Waals surface area contributed by atoms with Crippen LogP contribution in [-0.4, -0.2) is 23.3 Å². The highest BCUT2D eigenvalue weighted by Gasteiger charge is 2.26. The number of anilines is 2. The van der Waals surface area contributed by atoms with Gasteiger partial charge in [-0.15, -0.1) is 0 Å². The van der Waals surface area contributed by atoms with Gasteiger partial charge < -0.3 is 10.2 Å². The van der Waals surface area contributed by atoms with E-state index in [0.717, 1.165) is 29.8 Å². The van der Waals surface area contributed by atoms with Gasteiger partial charge in [-0.05, 0) is 48.6 Å². The van der Waals surface area contributed by atoms with Gasteiger partial charge in [0.1, 0.15) is 0 Å². The van der Waals surface area contributed by atoms with Gasteiger partial charge in [-0.2, -0.15) is 0 Å². The minimum Gasteiger partial charge on any atom is -0.326 e. The van der Waals surface area contributed by atoms with Gasteiger partial charge >= 0.3 is 0 Å². The number of nitrogens with one attached hydrogen (secondary N) is 1. The van der Waals surface area contributed by atoms with Crippen LogP contribution in [0.1, 0.15) is 54.4 Å². The summed E-state index contributed by atoms with van der Waals surface area (Å²) in [5.74, 6) is 0.722. The first-order valence-corrected chi connectivity index (χ1v) is 9.85. The zero-order chi connectivity index (χ0) is 18.6. The third-order valence-corrected chi connectivity index (χ3v) is 5.67. The molecular formula is C22H25N3O2. The lowest BCUT2D eigenvalue weighted by Crippen LogP contribution is -2.29. The number of carbonyl (C=O) groups is 2. The molecule has 0 bridgehead atoms. The Kier molecular flexibility index (Phi) is 5.19. The van der Waals surface area contributed by atoms with Crippen LogP contribution in [0.25, 0.3) is 0 Å². The molecular weight excluding hydrogens is 338 g/mol. The Hall–Kier alpha value is -2.69. The summed E-state index contributed by atoms with van der Waals surface area (Å²) in [4.78, 5) is 30.9. The molecule has 4 rings (SSSR count). The van der Waals surface area contributed by atoms with E-state index in [1.165, 1.54) is 25.7 Å². The summed E-state index contributed by atoms with van der Waals surface area (Å²) in [6.45, 7) is 0.655. The van der Waals surface area contributed by atoms with Crippen molar-refractivity contribution in [2.45, 2.75) is 44.9 Å². The Morgan fingerprint density at radius 3 is 2.81 bits per heavy atom. The monoisotopic (exact) mass is 363 g/mol. The molecule has 1 aromatic heterocycles. The number of benzene rings is 1. The van der Waals surface area contributed by atoms with Crippen LogP contribution >= 0.6 is 0 Å². The standard InChI is InChI=1S/C22H25N3O2/c26-21(10-7-16-4-1-2-5-16)24-19-9-8-17-11-13-25(20(17)14-19)22(27)18-6-3-12-23-15-18/h3,6,8-9,12,14-16H,1-2,4-5,7,10-11,13H2,(H,24,26). The second-order valence-electron chi connectivity index (χ2n) is 7.53. The zero-order valence-electron chi connectivity index (χ0n) is 15.5. The number of rotatable bonds is 5. The van der Waals surface area contributed by atoms with Crippen LogP contribution < -0.4 is 10.2 Å². The lowest BCUT2D eigenvalue weighted by Gasteiger charge is -2.18. The highest BCUT2D eigenvalue weighted by Crippen LogP contribution is 2.32. The van der Waals surface area contributed by atoms with Crippen molar-refractivity contribution in [3.8, 4) is 0 Å². The van der Waals surface area contributed by atoms with Crippen molar-refractivity contribution in [1.29, 1.82) is 0 Å². The van der Waals surface area contributed by atoms with Crippen molar-refractivity contribution in [1.82, 2.24) is 4.98 Å². The van der Waals surface area contributed by atoms with Gasteiger partial charge in [0.25, 0.3) is 5.91 Å². The van der Waals surface area contributed by atoms with Crippen LogP contribution in [0.3, 0.4) is 0 Å². The Morgan fingerprint density at radius 1 is 1.19 bits per heavy atom. The molecule has 2 amide bonds. The highest BCUT2D eigenvalue weighted by atomic mass is 16.2. The molecule has 0 radical (unpaired) electrons. The largest absolute Gasteiger partial charge is 0.326 e. The fourth-order valence-electron chi connectivity index (χ4n) is 4.17. The maximum atomic E-state index is 12.8. The van der Waals surface area contributed by atoms with E-state index in [4.69, 9.17) is 0 Å². The van der Waals surface area contributed by atoms with Crippen LogP contribution in [0.5, 0.6) is 0 Å². The molecule has 0 unspecified atom stereocenters. The number of pyridine rings is 1. The quantitative estimate of drug-likeness (QED) is 0.866. The van der Waals surface area contributed by atoms with E-state index in [9.17, 15) is 9.59 Å². The first kappa shape index (κ1) is 17.7. The summed E-state index contributed by atoms with van der Waals surface area (Å²) >= 11 is 0. The molecule has 2 aromatic rings. The molecule has 0 spiro atoms. The van der Waals surface area contributed by atoms with Crippen molar-refractivity contribution in [2.75, 3.05) is 16.8 Å². The van der Waals surface area contributed by atoms with E-state index in [0.29, 0.717) is 24.4 Å². The van der Waals surface area contributed by atoms with E-state index >= 15 is 0 Å². The average Bonchev–Trinajstić information content (AvgIpc) is 3.36. The second-order valence-corrected chi connectivity index (χ2v) is 7.53. The Labute approximate surface area is 159 Å². The Bertz CT molecular complexity index is 829. The van der Waals surface area contributed by atoms with E-state index in [2.05, 4.69) is 10.3 Å². The van der Waals surface area contributed by atoms with Crippen LogP contribution in [-0.2, 0) is 11.2 Å². The van der Waals surface area contributed by atoms with Crippen LogP contribution in [0.2, 0.25) is 0 Å². The SMILES string of the molecule is O=C(CCC1CCCC1)Nc1ccc2c(c1)N(C(=O)c1cccnc1)CC2. The van der Waals surface area contributed by atoms with Crippen LogP contribution in [0, 0.1) is 5.92 Å². The van der Waals surface area contributed by atoms with E-state index in [1.807, 2.05) is 18.2 Å². The minimum absolute atomic E-state index is 0.0495. The molecule has 1 fully saturated rings. The van der Waals surface area contributed by atoms with Crippen molar-refractivity contribution in [2.24, 2.45) is 5.92 Å². The molecule has 1 N–H and O–H groups in total. The van der Waals surface area contributed by atoms with Crippen molar-refractivity contribution >= 4 is 23.2 Å². The van der Waals surface area contributed by atoms with Crippen molar-refractivity contribution in [3.63, 3.8) is 0 Å². The molecule has 1 aliphatic carbocycles. The lowest BCUT2D eigenvalue weighted by atomic mass is 10.0. The molecule has 5 nitrogen and oxygen atoms in total. The maximum Gasteiger partial charge on any atom is 0.259 e. The smallest absolute Gasteiger partial charge is 0.259 e. The number of hydrogen-bond donors (Lipinski definition) is 1. The zero-order valence-corrected chi connectivity index (χ0v) is 15.5. The number of hydrogen-bond acceptors (Lipinski definition) is 3. The molecule has 1 aliphatic heterocycles. The van der Waals surface area contributed by atoms with Crippen molar-refractivity contribution in [3.05, 3.63) is 53.9 Å². The molecule has 27 heavy (non-hydrogen) atoms. The number of amides is 2. The number of nitrogens with zero attached hydrogens (tertiary/aromatic N) is 2. The molecule has 1 saturated carbocycles. The average molecular weight is 363 g/mol. The summed E-state index contributed by atoms with van der Waals surface area (Å²) in [5, 5.41) is 3.01. The summed E-state index contributed by atoms with van der Waals surface area (Å²) in [6, 6.07) is 9.42. The van der Waals surface area contributed by atoms with Gasteiger partial charge in [0.05, 0.1) is 5.56 Å². The summed E-state index contributed by atoms with van der Waals surface area (Å²) in [5.41, 5.74) is 3.36. The van der Waals surface area contributed by atoms with Crippen LogP contribution in [0.4, 0.5) is 11.4 Å². The predicted molar refractivity (Wildman–Crippen MR) is 106 cm³/mol. The second kappa shape index (κ2) is 7.91. The van der Waals surface area contributed by atoms with Gasteiger partial charge in [0.2, 0.25) is 5.91 Å². The van der Waals surface area contributed by atoms with Gasteiger partial charge in [-0.3, -0.25) is 14.6 Å². The molecule has 2 heterocycles. The third-order valence-electron chi connectivity index (χ3n) is 5.67. The number of fused-ring (bicyclic) bond motifs is 1. The summed E-state index contributed by atoms with van der Waals surface area (Å²) in [7, 11) is 0. The highest BCUT2D eigenvalue weighted by molar-refractivity contribution is 6.07. The number of aromatic nitrogens is 1. The molecule has 0 atom stereocenters. The van der Waals surface area contributed by atoms with Crippen molar-refractivity contribution < 1.29 is 9.59 Å². The third kappa shape index (κ3) is 4.02. The summed E-state index contributed by atoms with van der Waals surface area (Å²) in [6.07, 6.45) is 10.8. The molecule has 1 aromatic carbocycles. The minimum atomic E-state index is -0.0495.